The Morgan fingerprint density at radius 3 is 2.54 bits per heavy atom. The van der Waals surface area contributed by atoms with Crippen molar-refractivity contribution in [2.75, 3.05) is 71.0 Å². The van der Waals surface area contributed by atoms with Crippen LogP contribution in [0.25, 0.3) is 0 Å². The highest BCUT2D eigenvalue weighted by atomic mass is 16.5. The maximum Gasteiger partial charge on any atom is 0.0642 e. The quantitative estimate of drug-likeness (QED) is 0.360. The lowest BCUT2D eigenvalue weighted by atomic mass is 9.88. The summed E-state index contributed by atoms with van der Waals surface area (Å²) in [6.45, 7) is 16.9. The fourth-order valence-corrected chi connectivity index (χ4v) is 6.44. The van der Waals surface area contributed by atoms with Crippen molar-refractivity contribution in [3.63, 3.8) is 0 Å². The van der Waals surface area contributed by atoms with Crippen LogP contribution in [-0.2, 0) is 17.7 Å². The second kappa shape index (κ2) is 20.2. The second-order valence-corrected chi connectivity index (χ2v) is 11.9. The van der Waals surface area contributed by atoms with Crippen LogP contribution in [-0.4, -0.2) is 71.8 Å². The number of anilines is 1. The Morgan fingerprint density at radius 1 is 0.976 bits per heavy atom. The average molecular weight is 568 g/mol. The number of benzene rings is 1. The van der Waals surface area contributed by atoms with Gasteiger partial charge in [-0.05, 0) is 119 Å². The average Bonchev–Trinajstić information content (AvgIpc) is 3.05. The van der Waals surface area contributed by atoms with Crippen LogP contribution in [0.4, 0.5) is 5.69 Å². The summed E-state index contributed by atoms with van der Waals surface area (Å²) in [4.78, 5) is 7.05. The number of hydrogen-bond donors (Lipinski definition) is 3. The Hall–Kier alpha value is -1.73. The van der Waals surface area contributed by atoms with E-state index in [1.165, 1.54) is 94.4 Å². The van der Waals surface area contributed by atoms with Gasteiger partial charge in [0.05, 0.1) is 13.2 Å². The molecule has 1 saturated carbocycles. The summed E-state index contributed by atoms with van der Waals surface area (Å²) in [5.74, 6) is 1.70. The lowest BCUT2D eigenvalue weighted by Gasteiger charge is -2.32. The maximum atomic E-state index is 5.41. The molecule has 6 heteroatoms. The number of allylic oxidation sites excluding steroid dienone is 1. The van der Waals surface area contributed by atoms with Crippen LogP contribution < -0.4 is 20.9 Å². The Bertz CT molecular complexity index is 902. The zero-order valence-corrected chi connectivity index (χ0v) is 26.9. The summed E-state index contributed by atoms with van der Waals surface area (Å²) in [5.41, 5.74) is 7.41. The van der Waals surface area contributed by atoms with Crippen LogP contribution in [0, 0.1) is 11.8 Å². The summed E-state index contributed by atoms with van der Waals surface area (Å²) < 4.78 is 5.41. The first-order valence-corrected chi connectivity index (χ1v) is 17.0. The van der Waals surface area contributed by atoms with Crippen molar-refractivity contribution >= 4 is 11.4 Å². The molecule has 6 rings (SSSR count). The van der Waals surface area contributed by atoms with Crippen LogP contribution in [0.1, 0.15) is 89.7 Å². The number of aliphatic imine (C=N–C) groups is 1. The minimum Gasteiger partial charge on any atom is -0.378 e. The van der Waals surface area contributed by atoms with E-state index in [-0.39, 0.29) is 0 Å². The molecule has 0 aromatic heterocycles. The van der Waals surface area contributed by atoms with Crippen LogP contribution >= 0.6 is 0 Å². The Balaban J connectivity index is 0.000000168. The number of unbranched alkanes of at least 4 members (excludes halogenated alkanes) is 1. The van der Waals surface area contributed by atoms with Crippen molar-refractivity contribution in [2.24, 2.45) is 16.8 Å². The molecule has 232 valence electrons. The van der Waals surface area contributed by atoms with Crippen LogP contribution in [0.3, 0.4) is 0 Å². The van der Waals surface area contributed by atoms with Crippen molar-refractivity contribution in [1.29, 1.82) is 0 Å². The van der Waals surface area contributed by atoms with Gasteiger partial charge in [0, 0.05) is 37.6 Å². The fourth-order valence-electron chi connectivity index (χ4n) is 6.44. The number of rotatable bonds is 6. The molecule has 1 aromatic carbocycles. The molecule has 0 unspecified atom stereocenters. The molecule has 2 saturated heterocycles. The van der Waals surface area contributed by atoms with Gasteiger partial charge in [-0.2, -0.15) is 0 Å². The lowest BCUT2D eigenvalue weighted by Crippen LogP contribution is -2.37. The number of piperidine rings is 1. The summed E-state index contributed by atoms with van der Waals surface area (Å²) in [7, 11) is 2.03. The zero-order chi connectivity index (χ0) is 29.1. The molecule has 3 fully saturated rings. The van der Waals surface area contributed by atoms with Gasteiger partial charge in [0.1, 0.15) is 0 Å². The molecule has 41 heavy (non-hydrogen) atoms. The van der Waals surface area contributed by atoms with Crippen molar-refractivity contribution in [3.8, 4) is 0 Å². The molecule has 6 nitrogen and oxygen atoms in total. The summed E-state index contributed by atoms with van der Waals surface area (Å²) in [5, 5.41) is 10.0. The highest BCUT2D eigenvalue weighted by Gasteiger charge is 2.19. The molecule has 0 radical (unpaired) electrons. The number of fused-ring (bicyclic) bond motifs is 2. The number of dihydropyridines is 1. The topological polar surface area (TPSA) is 60.9 Å². The fraction of sp³-hybridized carbons (Fsp3) is 0.743. The first-order chi connectivity index (χ1) is 20.2. The molecular weight excluding hydrogens is 506 g/mol. The maximum absolute atomic E-state index is 5.41. The molecule has 0 bridgehead atoms. The number of nitrogens with zero attached hydrogens (tertiary/aromatic N) is 2. The normalized spacial score (nSPS) is 22.1. The van der Waals surface area contributed by atoms with E-state index >= 15 is 0 Å². The second-order valence-electron chi connectivity index (χ2n) is 11.9. The van der Waals surface area contributed by atoms with Gasteiger partial charge >= 0.3 is 0 Å². The largest absolute Gasteiger partial charge is 0.378 e. The van der Waals surface area contributed by atoms with Crippen molar-refractivity contribution < 1.29 is 4.74 Å². The Morgan fingerprint density at radius 2 is 1.76 bits per heavy atom. The van der Waals surface area contributed by atoms with Gasteiger partial charge in [0.2, 0.25) is 0 Å². The van der Waals surface area contributed by atoms with E-state index in [0.717, 1.165) is 58.3 Å². The van der Waals surface area contributed by atoms with Gasteiger partial charge in [-0.3, -0.25) is 4.99 Å². The van der Waals surface area contributed by atoms with Crippen LogP contribution in [0.15, 0.2) is 34.8 Å². The molecular formula is C35H61N5O. The number of ether oxygens (including phenoxy) is 1. The van der Waals surface area contributed by atoms with Crippen LogP contribution in [0.5, 0.6) is 0 Å². The molecule has 3 N–H and O–H groups in total. The van der Waals surface area contributed by atoms with Crippen molar-refractivity contribution in [2.45, 2.75) is 91.5 Å². The van der Waals surface area contributed by atoms with Crippen molar-refractivity contribution in [3.05, 3.63) is 41.0 Å². The van der Waals surface area contributed by atoms with E-state index < -0.39 is 0 Å². The standard InChI is InChI=1S/C13H18N2O.C10H22N2.C10H15N.C2H6/c1-2-11-10-14-5-4-12(11)13(3-1)15-6-8-16-9-7-15;1-11-7-3-2-4-10-5-8-12-9-6-10;1-8-6-9-4-2-3-5-10(9)11-7-8;1-2/h1-3,14H,4-10H2;10-12H,2-9H2,1H3;6,8H,2-5,7H2,1H3;1-2H3/t;;8-;/m..0./s1. The molecule has 1 atom stereocenters. The van der Waals surface area contributed by atoms with Gasteiger partial charge in [0.15, 0.2) is 0 Å². The lowest BCUT2D eigenvalue weighted by molar-refractivity contribution is 0.122. The first-order valence-electron chi connectivity index (χ1n) is 17.0. The van der Waals surface area contributed by atoms with Gasteiger partial charge in [-0.15, -0.1) is 0 Å². The van der Waals surface area contributed by atoms with Crippen LogP contribution in [0.2, 0.25) is 0 Å². The van der Waals surface area contributed by atoms with Gasteiger partial charge < -0.3 is 25.6 Å². The van der Waals surface area contributed by atoms with E-state index in [4.69, 9.17) is 4.74 Å². The molecule has 5 aliphatic rings. The smallest absolute Gasteiger partial charge is 0.0642 e. The monoisotopic (exact) mass is 567 g/mol. The molecule has 4 heterocycles. The Labute approximate surface area is 252 Å². The molecule has 0 amide bonds. The van der Waals surface area contributed by atoms with E-state index in [2.05, 4.69) is 57.0 Å². The van der Waals surface area contributed by atoms with E-state index in [1.807, 2.05) is 20.9 Å². The number of hydrogen-bond acceptors (Lipinski definition) is 6. The summed E-state index contributed by atoms with van der Waals surface area (Å²) in [6.07, 6.45) is 15.8. The highest BCUT2D eigenvalue weighted by molar-refractivity contribution is 6.01. The third-order valence-corrected chi connectivity index (χ3v) is 8.75. The molecule has 0 spiro atoms. The minimum atomic E-state index is 0.687. The first kappa shape index (κ1) is 33.8. The van der Waals surface area contributed by atoms with Gasteiger partial charge in [-0.1, -0.05) is 51.8 Å². The third-order valence-electron chi connectivity index (χ3n) is 8.75. The van der Waals surface area contributed by atoms with E-state index in [0.29, 0.717) is 5.92 Å². The van der Waals surface area contributed by atoms with Gasteiger partial charge in [-0.25, -0.2) is 0 Å². The number of nitrogens with one attached hydrogen (secondary N) is 3. The SMILES string of the molecule is CC.CNCCCCC1CCNCC1.C[C@H]1C=C2CCCCC2=NC1.c1cc2c(c(N3CCOCC3)c1)CCNC2. The summed E-state index contributed by atoms with van der Waals surface area (Å²) >= 11 is 0. The van der Waals surface area contributed by atoms with Crippen molar-refractivity contribution in [1.82, 2.24) is 16.0 Å². The number of morpholine rings is 1. The van der Waals surface area contributed by atoms with Gasteiger partial charge in [0.25, 0.3) is 0 Å². The zero-order valence-electron chi connectivity index (χ0n) is 26.9. The summed E-state index contributed by atoms with van der Waals surface area (Å²) in [6, 6.07) is 6.68. The third kappa shape index (κ3) is 11.8. The minimum absolute atomic E-state index is 0.687. The highest BCUT2D eigenvalue weighted by Crippen LogP contribution is 2.27. The van der Waals surface area contributed by atoms with E-state index in [1.54, 1.807) is 11.1 Å². The predicted molar refractivity (Wildman–Crippen MR) is 178 cm³/mol. The molecule has 1 aromatic rings. The molecule has 1 aliphatic carbocycles. The predicted octanol–water partition coefficient (Wildman–Crippen LogP) is 6.15. The molecule has 4 aliphatic heterocycles. The Kier molecular flexibility index (Phi) is 16.7. The van der Waals surface area contributed by atoms with E-state index in [9.17, 15) is 0 Å².